The van der Waals surface area contributed by atoms with Gasteiger partial charge in [-0.15, -0.1) is 0 Å². The number of nitrogens with zero attached hydrogens (tertiary/aromatic N) is 2. The van der Waals surface area contributed by atoms with Gasteiger partial charge in [0.1, 0.15) is 0 Å². The minimum absolute atomic E-state index is 0.611. The highest BCUT2D eigenvalue weighted by atomic mass is 15.1. The summed E-state index contributed by atoms with van der Waals surface area (Å²) < 4.78 is 0. The first-order valence-corrected chi connectivity index (χ1v) is 3.70. The van der Waals surface area contributed by atoms with Crippen molar-refractivity contribution in [2.45, 2.75) is 19.9 Å². The zero-order valence-corrected chi connectivity index (χ0v) is 7.46. The molecule has 0 N–H and O–H groups in total. The third-order valence-corrected chi connectivity index (χ3v) is 1.69. The molecule has 0 amide bonds. The van der Waals surface area contributed by atoms with Crippen molar-refractivity contribution in [1.29, 1.82) is 0 Å². The molecule has 0 aliphatic carbocycles. The second-order valence-electron chi connectivity index (χ2n) is 3.05. The first-order chi connectivity index (χ1) is 4.54. The van der Waals surface area contributed by atoms with Gasteiger partial charge in [0.05, 0.1) is 0 Å². The Hall–Kier alpha value is -0.0151. The van der Waals surface area contributed by atoms with Crippen LogP contribution in [0.1, 0.15) is 13.8 Å². The predicted molar refractivity (Wildman–Crippen MR) is 46.2 cm³/mol. The van der Waals surface area contributed by atoms with E-state index in [9.17, 15) is 0 Å². The van der Waals surface area contributed by atoms with Crippen molar-refractivity contribution in [3.8, 4) is 0 Å². The predicted octanol–water partition coefficient (Wildman–Crippen LogP) is 0.342. The highest BCUT2D eigenvalue weighted by molar-refractivity contribution is 6.04. The molecule has 0 fully saturated rings. The highest BCUT2D eigenvalue weighted by Crippen LogP contribution is 1.91. The van der Waals surface area contributed by atoms with Crippen molar-refractivity contribution in [2.24, 2.45) is 0 Å². The molecule has 10 heavy (non-hydrogen) atoms. The van der Waals surface area contributed by atoms with Crippen molar-refractivity contribution in [3.63, 3.8) is 0 Å². The number of rotatable bonds is 4. The van der Waals surface area contributed by atoms with Gasteiger partial charge in [0.25, 0.3) is 0 Å². The summed E-state index contributed by atoms with van der Waals surface area (Å²) >= 11 is 0. The molecule has 0 spiro atoms. The summed E-state index contributed by atoms with van der Waals surface area (Å²) in [7, 11) is 9.44. The normalized spacial score (nSPS) is 11.9. The largest absolute Gasteiger partial charge is 0.355 e. The lowest BCUT2D eigenvalue weighted by atomic mass is 10.3. The third-order valence-electron chi connectivity index (χ3n) is 1.69. The van der Waals surface area contributed by atoms with Gasteiger partial charge in [-0.05, 0) is 34.5 Å². The molecule has 0 aliphatic rings. The summed E-state index contributed by atoms with van der Waals surface area (Å²) in [4.78, 5) is 3.97. The fourth-order valence-corrected chi connectivity index (χ4v) is 0.574. The van der Waals surface area contributed by atoms with Crippen LogP contribution >= 0.6 is 0 Å². The SMILES string of the molecule is [B]N(C)CCN(C)C(C)C. The maximum absolute atomic E-state index is 5.45. The molecule has 0 heterocycles. The van der Waals surface area contributed by atoms with Crippen molar-refractivity contribution in [1.82, 2.24) is 9.71 Å². The van der Waals surface area contributed by atoms with Crippen LogP contribution in [0, 0.1) is 0 Å². The number of likely N-dealkylation sites (N-methyl/N-ethyl adjacent to an activating group) is 2. The molecule has 3 heteroatoms. The average Bonchev–Trinajstić information content (AvgIpc) is 1.82. The molecule has 0 bridgehead atoms. The quantitative estimate of drug-likeness (QED) is 0.519. The van der Waals surface area contributed by atoms with E-state index in [1.165, 1.54) is 0 Å². The lowest BCUT2D eigenvalue weighted by Crippen LogP contribution is -2.33. The molecule has 0 unspecified atom stereocenters. The van der Waals surface area contributed by atoms with E-state index in [4.69, 9.17) is 7.98 Å². The fourth-order valence-electron chi connectivity index (χ4n) is 0.574. The molecule has 2 nitrogen and oxygen atoms in total. The Morgan fingerprint density at radius 3 is 2.00 bits per heavy atom. The van der Waals surface area contributed by atoms with Gasteiger partial charge in [0, 0.05) is 12.6 Å². The lowest BCUT2D eigenvalue weighted by molar-refractivity contribution is 0.259. The molecule has 0 rings (SSSR count). The average molecular weight is 140 g/mol. The van der Waals surface area contributed by atoms with E-state index in [1.807, 2.05) is 7.05 Å². The Morgan fingerprint density at radius 1 is 1.20 bits per heavy atom. The van der Waals surface area contributed by atoms with Gasteiger partial charge in [-0.25, -0.2) is 0 Å². The molecule has 0 aromatic heterocycles. The van der Waals surface area contributed by atoms with Crippen LogP contribution in [-0.4, -0.2) is 50.9 Å². The number of hydrogen-bond acceptors (Lipinski definition) is 2. The van der Waals surface area contributed by atoms with Crippen molar-refractivity contribution in [3.05, 3.63) is 0 Å². The van der Waals surface area contributed by atoms with Gasteiger partial charge >= 0.3 is 0 Å². The summed E-state index contributed by atoms with van der Waals surface area (Å²) in [5.41, 5.74) is 0. The molecule has 0 aliphatic heterocycles. The molecular weight excluding hydrogens is 123 g/mol. The van der Waals surface area contributed by atoms with Crippen LogP contribution in [-0.2, 0) is 0 Å². The van der Waals surface area contributed by atoms with Crippen LogP contribution in [0.3, 0.4) is 0 Å². The maximum Gasteiger partial charge on any atom is 0.182 e. The van der Waals surface area contributed by atoms with Gasteiger partial charge in [0.15, 0.2) is 7.98 Å². The van der Waals surface area contributed by atoms with E-state index >= 15 is 0 Å². The molecule has 0 saturated heterocycles. The smallest absolute Gasteiger partial charge is 0.182 e. The summed E-state index contributed by atoms with van der Waals surface area (Å²) in [6.07, 6.45) is 0. The molecule has 0 atom stereocenters. The minimum atomic E-state index is 0.611. The fraction of sp³-hybridized carbons (Fsp3) is 1.00. The van der Waals surface area contributed by atoms with Gasteiger partial charge in [-0.1, -0.05) is 0 Å². The topological polar surface area (TPSA) is 6.48 Å². The Morgan fingerprint density at radius 2 is 1.70 bits per heavy atom. The maximum atomic E-state index is 5.45. The van der Waals surface area contributed by atoms with Crippen LogP contribution in [0.2, 0.25) is 0 Å². The zero-order valence-electron chi connectivity index (χ0n) is 7.46. The van der Waals surface area contributed by atoms with Gasteiger partial charge in [-0.3, -0.25) is 0 Å². The summed E-state index contributed by atoms with van der Waals surface area (Å²) in [5.74, 6) is 0. The monoisotopic (exact) mass is 140 g/mol. The zero-order chi connectivity index (χ0) is 8.15. The molecule has 58 valence electrons. The summed E-state index contributed by atoms with van der Waals surface area (Å²) in [6, 6.07) is 0.611. The van der Waals surface area contributed by atoms with Crippen LogP contribution in [0.15, 0.2) is 0 Å². The van der Waals surface area contributed by atoms with Crippen molar-refractivity contribution < 1.29 is 0 Å². The van der Waals surface area contributed by atoms with Crippen LogP contribution in [0.5, 0.6) is 0 Å². The Balaban J connectivity index is 3.30. The first kappa shape index (κ1) is 9.98. The Bertz CT molecular complexity index is 83.7. The van der Waals surface area contributed by atoms with Gasteiger partial charge < -0.3 is 9.71 Å². The molecular formula is C7H17BN2. The van der Waals surface area contributed by atoms with E-state index in [0.29, 0.717) is 6.04 Å². The molecule has 2 radical (unpaired) electrons. The minimum Gasteiger partial charge on any atom is -0.355 e. The van der Waals surface area contributed by atoms with E-state index in [-0.39, 0.29) is 0 Å². The van der Waals surface area contributed by atoms with E-state index in [2.05, 4.69) is 25.8 Å². The summed E-state index contributed by atoms with van der Waals surface area (Å²) in [6.45, 7) is 6.31. The highest BCUT2D eigenvalue weighted by Gasteiger charge is 2.01. The molecule has 0 aromatic rings. The van der Waals surface area contributed by atoms with E-state index in [0.717, 1.165) is 13.1 Å². The second-order valence-corrected chi connectivity index (χ2v) is 3.05. The molecule has 0 saturated carbocycles. The Kier molecular flexibility index (Phi) is 4.74. The lowest BCUT2D eigenvalue weighted by Gasteiger charge is -2.22. The standard InChI is InChI=1S/C7H17BN2/c1-7(2)9(3)5-6-10(4)8/h7H,5-6H2,1-4H3. The Labute approximate surface area is 65.6 Å². The van der Waals surface area contributed by atoms with Crippen LogP contribution in [0.4, 0.5) is 0 Å². The van der Waals surface area contributed by atoms with Gasteiger partial charge in [0.2, 0.25) is 0 Å². The third kappa shape index (κ3) is 4.83. The van der Waals surface area contributed by atoms with Gasteiger partial charge in [-0.2, -0.15) is 0 Å². The second kappa shape index (κ2) is 4.75. The first-order valence-electron chi connectivity index (χ1n) is 3.70. The van der Waals surface area contributed by atoms with E-state index < -0.39 is 0 Å². The van der Waals surface area contributed by atoms with Crippen LogP contribution in [0.25, 0.3) is 0 Å². The van der Waals surface area contributed by atoms with Crippen LogP contribution < -0.4 is 0 Å². The van der Waals surface area contributed by atoms with Crippen molar-refractivity contribution >= 4 is 7.98 Å². The van der Waals surface area contributed by atoms with Crippen molar-refractivity contribution in [2.75, 3.05) is 27.2 Å². The van der Waals surface area contributed by atoms with E-state index in [1.54, 1.807) is 4.81 Å². The summed E-state index contributed by atoms with van der Waals surface area (Å²) in [5, 5.41) is 0. The number of hydrogen-bond donors (Lipinski definition) is 0. The molecule has 0 aromatic carbocycles.